The van der Waals surface area contributed by atoms with E-state index in [0.29, 0.717) is 35.5 Å². The van der Waals surface area contributed by atoms with Gasteiger partial charge in [0.15, 0.2) is 5.96 Å². The normalized spacial score (nSPS) is 10.6. The van der Waals surface area contributed by atoms with Crippen molar-refractivity contribution in [1.29, 1.82) is 0 Å². The number of rotatable bonds is 8. The average Bonchev–Trinajstić information content (AvgIpc) is 2.71. The van der Waals surface area contributed by atoms with Crippen LogP contribution in [-0.4, -0.2) is 39.7 Å². The van der Waals surface area contributed by atoms with Gasteiger partial charge in [-0.1, -0.05) is 23.7 Å². The third-order valence-electron chi connectivity index (χ3n) is 4.21. The number of ether oxygens (including phenoxy) is 2. The van der Waals surface area contributed by atoms with E-state index in [1.165, 1.54) is 6.92 Å². The van der Waals surface area contributed by atoms with Crippen molar-refractivity contribution in [3.63, 3.8) is 0 Å². The largest absolute Gasteiger partial charge is 0.497 e. The SMILES string of the molecule is CN=C(NCCc1ccc(OC)cc1Cl)NCc1ccc(OC)c(NC(C)=O)c1.I. The minimum atomic E-state index is -0.150. The lowest BCUT2D eigenvalue weighted by Gasteiger charge is -2.14. The number of benzene rings is 2. The summed E-state index contributed by atoms with van der Waals surface area (Å²) >= 11 is 6.28. The van der Waals surface area contributed by atoms with Crippen LogP contribution in [0.5, 0.6) is 11.5 Å². The number of methoxy groups -OCH3 is 2. The monoisotopic (exact) mass is 546 g/mol. The molecule has 0 atom stereocenters. The average molecular weight is 547 g/mol. The molecule has 9 heteroatoms. The maximum absolute atomic E-state index is 11.4. The van der Waals surface area contributed by atoms with Crippen molar-refractivity contribution in [3.05, 3.63) is 52.5 Å². The smallest absolute Gasteiger partial charge is 0.221 e. The van der Waals surface area contributed by atoms with Crippen LogP contribution in [0.25, 0.3) is 0 Å². The first kappa shape index (κ1) is 25.8. The Balaban J connectivity index is 0.00000450. The van der Waals surface area contributed by atoms with Gasteiger partial charge in [-0.2, -0.15) is 0 Å². The number of halogens is 2. The highest BCUT2D eigenvalue weighted by Crippen LogP contribution is 2.25. The molecular weight excluding hydrogens is 519 g/mol. The molecule has 164 valence electrons. The molecule has 0 spiro atoms. The molecule has 0 bridgehead atoms. The lowest BCUT2D eigenvalue weighted by atomic mass is 10.1. The molecule has 0 aliphatic carbocycles. The van der Waals surface area contributed by atoms with Crippen molar-refractivity contribution in [2.75, 3.05) is 33.1 Å². The molecule has 0 heterocycles. The fourth-order valence-electron chi connectivity index (χ4n) is 2.73. The Hall–Kier alpha value is -2.20. The van der Waals surface area contributed by atoms with Gasteiger partial charge in [-0.3, -0.25) is 9.79 Å². The Morgan fingerprint density at radius 3 is 2.47 bits per heavy atom. The van der Waals surface area contributed by atoms with Crippen molar-refractivity contribution in [2.24, 2.45) is 4.99 Å². The highest BCUT2D eigenvalue weighted by molar-refractivity contribution is 14.0. The van der Waals surface area contributed by atoms with Crippen molar-refractivity contribution in [3.8, 4) is 11.5 Å². The minimum Gasteiger partial charge on any atom is -0.497 e. The number of nitrogens with one attached hydrogen (secondary N) is 3. The summed E-state index contributed by atoms with van der Waals surface area (Å²) in [6, 6.07) is 11.3. The number of carbonyl (C=O) groups is 1. The van der Waals surface area contributed by atoms with Crippen molar-refractivity contribution in [2.45, 2.75) is 19.9 Å². The number of aliphatic imine (C=N–C) groups is 1. The topological polar surface area (TPSA) is 84.0 Å². The molecule has 1 amide bonds. The summed E-state index contributed by atoms with van der Waals surface area (Å²) in [6.45, 7) is 2.68. The van der Waals surface area contributed by atoms with E-state index in [9.17, 15) is 4.79 Å². The summed E-state index contributed by atoms with van der Waals surface area (Å²) in [5.74, 6) is 1.87. The molecule has 3 N–H and O–H groups in total. The van der Waals surface area contributed by atoms with Gasteiger partial charge in [0.2, 0.25) is 5.91 Å². The summed E-state index contributed by atoms with van der Waals surface area (Å²) in [5, 5.41) is 9.97. The van der Waals surface area contributed by atoms with Crippen molar-refractivity contribution >= 4 is 53.1 Å². The number of carbonyl (C=O) groups excluding carboxylic acids is 1. The van der Waals surface area contributed by atoms with Gasteiger partial charge in [0.05, 0.1) is 19.9 Å². The Bertz CT molecular complexity index is 877. The van der Waals surface area contributed by atoms with Crippen LogP contribution in [-0.2, 0) is 17.8 Å². The summed E-state index contributed by atoms with van der Waals surface area (Å²) in [7, 11) is 4.90. The second-order valence-electron chi connectivity index (χ2n) is 6.28. The number of amides is 1. The van der Waals surface area contributed by atoms with Gasteiger partial charge in [-0.25, -0.2) is 0 Å². The van der Waals surface area contributed by atoms with E-state index in [0.717, 1.165) is 23.3 Å². The maximum Gasteiger partial charge on any atom is 0.221 e. The van der Waals surface area contributed by atoms with Crippen LogP contribution in [0.2, 0.25) is 5.02 Å². The molecule has 0 aromatic heterocycles. The molecule has 0 unspecified atom stereocenters. The molecule has 0 aliphatic heterocycles. The Kier molecular flexibility index (Phi) is 11.3. The lowest BCUT2D eigenvalue weighted by molar-refractivity contribution is -0.114. The summed E-state index contributed by atoms with van der Waals surface area (Å²) in [4.78, 5) is 15.6. The van der Waals surface area contributed by atoms with Gasteiger partial charge in [0, 0.05) is 32.1 Å². The third-order valence-corrected chi connectivity index (χ3v) is 4.56. The van der Waals surface area contributed by atoms with Gasteiger partial charge in [0.1, 0.15) is 11.5 Å². The number of hydrogen-bond acceptors (Lipinski definition) is 4. The van der Waals surface area contributed by atoms with E-state index in [4.69, 9.17) is 21.1 Å². The third kappa shape index (κ3) is 7.91. The Labute approximate surface area is 199 Å². The van der Waals surface area contributed by atoms with E-state index in [2.05, 4.69) is 20.9 Å². The van der Waals surface area contributed by atoms with Crippen LogP contribution >= 0.6 is 35.6 Å². The molecule has 2 rings (SSSR count). The number of anilines is 1. The number of hydrogen-bond donors (Lipinski definition) is 3. The zero-order chi connectivity index (χ0) is 21.2. The Morgan fingerprint density at radius 1 is 1.10 bits per heavy atom. The second kappa shape index (κ2) is 13.2. The summed E-state index contributed by atoms with van der Waals surface area (Å²) < 4.78 is 10.4. The van der Waals surface area contributed by atoms with Crippen LogP contribution in [0.15, 0.2) is 41.4 Å². The molecule has 7 nitrogen and oxygen atoms in total. The standard InChI is InChI=1S/C21H27ClN4O3.HI/c1-14(27)26-19-11-15(5-8-20(19)29-4)13-25-21(23-2)24-10-9-16-6-7-17(28-3)12-18(16)22;/h5-8,11-12H,9-10,13H2,1-4H3,(H,26,27)(H2,23,24,25);1H. The van der Waals surface area contributed by atoms with E-state index in [-0.39, 0.29) is 29.9 Å². The van der Waals surface area contributed by atoms with Crippen molar-refractivity contribution < 1.29 is 14.3 Å². The molecule has 0 saturated heterocycles. The first-order chi connectivity index (χ1) is 14.0. The first-order valence-electron chi connectivity index (χ1n) is 9.18. The van der Waals surface area contributed by atoms with Crippen LogP contribution in [0.3, 0.4) is 0 Å². The van der Waals surface area contributed by atoms with Crippen molar-refractivity contribution in [1.82, 2.24) is 10.6 Å². The predicted molar refractivity (Wildman–Crippen MR) is 133 cm³/mol. The van der Waals surface area contributed by atoms with Gasteiger partial charge in [-0.15, -0.1) is 24.0 Å². The summed E-state index contributed by atoms with van der Waals surface area (Å²) in [6.07, 6.45) is 0.749. The van der Waals surface area contributed by atoms with Crippen LogP contribution < -0.4 is 25.4 Å². The van der Waals surface area contributed by atoms with E-state index < -0.39 is 0 Å². The Morgan fingerprint density at radius 2 is 1.87 bits per heavy atom. The van der Waals surface area contributed by atoms with E-state index in [1.54, 1.807) is 27.3 Å². The van der Waals surface area contributed by atoms with Gasteiger partial charge in [-0.05, 0) is 41.8 Å². The van der Waals surface area contributed by atoms with Crippen LogP contribution in [0.1, 0.15) is 18.1 Å². The van der Waals surface area contributed by atoms with Gasteiger partial charge < -0.3 is 25.4 Å². The molecule has 2 aromatic rings. The molecule has 0 aliphatic rings. The highest BCUT2D eigenvalue weighted by atomic mass is 127. The molecule has 0 fully saturated rings. The second-order valence-corrected chi connectivity index (χ2v) is 6.68. The molecule has 0 radical (unpaired) electrons. The quantitative estimate of drug-likeness (QED) is 0.266. The van der Waals surface area contributed by atoms with E-state index >= 15 is 0 Å². The fraction of sp³-hybridized carbons (Fsp3) is 0.333. The minimum absolute atomic E-state index is 0. The zero-order valence-electron chi connectivity index (χ0n) is 17.5. The summed E-state index contributed by atoms with van der Waals surface area (Å²) in [5.41, 5.74) is 2.65. The van der Waals surface area contributed by atoms with Crippen LogP contribution in [0.4, 0.5) is 5.69 Å². The zero-order valence-corrected chi connectivity index (χ0v) is 20.6. The highest BCUT2D eigenvalue weighted by Gasteiger charge is 2.07. The fourth-order valence-corrected chi connectivity index (χ4v) is 3.00. The van der Waals surface area contributed by atoms with Crippen LogP contribution in [0, 0.1) is 0 Å². The molecule has 0 saturated carbocycles. The predicted octanol–water partition coefficient (Wildman–Crippen LogP) is 3.84. The molecule has 2 aromatic carbocycles. The lowest BCUT2D eigenvalue weighted by Crippen LogP contribution is -2.37. The molecule has 30 heavy (non-hydrogen) atoms. The van der Waals surface area contributed by atoms with Gasteiger partial charge in [0.25, 0.3) is 0 Å². The molecular formula is C21H28ClIN4O3. The number of nitrogens with zero attached hydrogens (tertiary/aromatic N) is 1. The maximum atomic E-state index is 11.4. The van der Waals surface area contributed by atoms with E-state index in [1.807, 2.05) is 30.3 Å². The number of guanidine groups is 1. The van der Waals surface area contributed by atoms with Gasteiger partial charge >= 0.3 is 0 Å². The first-order valence-corrected chi connectivity index (χ1v) is 9.56.